The number of aliphatic carboxylic acids is 1. The summed E-state index contributed by atoms with van der Waals surface area (Å²) in [4.78, 5) is 26.0. The van der Waals surface area contributed by atoms with E-state index in [1.807, 2.05) is 13.0 Å². The molecule has 0 spiro atoms. The van der Waals surface area contributed by atoms with E-state index in [2.05, 4.69) is 6.92 Å². The second kappa shape index (κ2) is 7.85. The zero-order valence-electron chi connectivity index (χ0n) is 12.2. The summed E-state index contributed by atoms with van der Waals surface area (Å²) in [6, 6.07) is 1.82. The SMILES string of the molecule is CCCCCN(C)C(=O)c1cc(C)c(/C=C/C(=O)O)s1. The molecule has 20 heavy (non-hydrogen) atoms. The quantitative estimate of drug-likeness (QED) is 0.619. The first-order valence-electron chi connectivity index (χ1n) is 6.72. The average molecular weight is 295 g/mol. The van der Waals surface area contributed by atoms with Crippen molar-refractivity contribution in [3.8, 4) is 0 Å². The molecule has 1 N–H and O–H groups in total. The summed E-state index contributed by atoms with van der Waals surface area (Å²) in [6.07, 6.45) is 5.89. The van der Waals surface area contributed by atoms with Crippen LogP contribution in [0.25, 0.3) is 6.08 Å². The van der Waals surface area contributed by atoms with E-state index in [1.165, 1.54) is 17.4 Å². The highest BCUT2D eigenvalue weighted by Crippen LogP contribution is 2.24. The topological polar surface area (TPSA) is 57.6 Å². The van der Waals surface area contributed by atoms with Crippen LogP contribution in [0.4, 0.5) is 0 Å². The Bertz CT molecular complexity index is 505. The van der Waals surface area contributed by atoms with E-state index in [1.54, 1.807) is 11.9 Å². The van der Waals surface area contributed by atoms with Gasteiger partial charge in [-0.2, -0.15) is 0 Å². The number of amides is 1. The van der Waals surface area contributed by atoms with Gasteiger partial charge in [0.25, 0.3) is 5.91 Å². The first-order valence-corrected chi connectivity index (χ1v) is 7.54. The van der Waals surface area contributed by atoms with Crippen LogP contribution in [0.1, 0.15) is 46.3 Å². The van der Waals surface area contributed by atoms with Crippen molar-refractivity contribution in [1.29, 1.82) is 0 Å². The number of thiophene rings is 1. The fourth-order valence-corrected chi connectivity index (χ4v) is 2.87. The van der Waals surface area contributed by atoms with E-state index >= 15 is 0 Å². The van der Waals surface area contributed by atoms with Gasteiger partial charge in [-0.05, 0) is 31.1 Å². The van der Waals surface area contributed by atoms with Crippen molar-refractivity contribution in [2.24, 2.45) is 0 Å². The average Bonchev–Trinajstić information content (AvgIpc) is 2.77. The lowest BCUT2D eigenvalue weighted by atomic mass is 10.2. The summed E-state index contributed by atoms with van der Waals surface area (Å²) in [5, 5.41) is 8.63. The molecule has 1 aromatic heterocycles. The van der Waals surface area contributed by atoms with E-state index in [0.717, 1.165) is 42.3 Å². The Labute approximate surface area is 123 Å². The summed E-state index contributed by atoms with van der Waals surface area (Å²) in [7, 11) is 1.81. The number of aryl methyl sites for hydroxylation is 1. The largest absolute Gasteiger partial charge is 0.478 e. The van der Waals surface area contributed by atoms with E-state index in [4.69, 9.17) is 5.11 Å². The molecular formula is C15H21NO3S. The summed E-state index contributed by atoms with van der Waals surface area (Å²) in [6.45, 7) is 4.77. The molecule has 1 amide bonds. The Morgan fingerprint density at radius 3 is 2.70 bits per heavy atom. The molecule has 0 saturated carbocycles. The second-order valence-electron chi connectivity index (χ2n) is 4.76. The van der Waals surface area contributed by atoms with Crippen LogP contribution in [-0.2, 0) is 4.79 Å². The second-order valence-corrected chi connectivity index (χ2v) is 5.85. The van der Waals surface area contributed by atoms with Gasteiger partial charge in [0.15, 0.2) is 0 Å². The van der Waals surface area contributed by atoms with E-state index in [-0.39, 0.29) is 5.91 Å². The smallest absolute Gasteiger partial charge is 0.328 e. The molecule has 0 aliphatic rings. The highest BCUT2D eigenvalue weighted by Gasteiger charge is 2.15. The van der Waals surface area contributed by atoms with Crippen LogP contribution in [0.3, 0.4) is 0 Å². The third-order valence-corrected chi connectivity index (χ3v) is 4.18. The van der Waals surface area contributed by atoms with Crippen molar-refractivity contribution in [2.45, 2.75) is 33.1 Å². The van der Waals surface area contributed by atoms with Crippen molar-refractivity contribution in [1.82, 2.24) is 4.90 Å². The molecule has 1 rings (SSSR count). The Morgan fingerprint density at radius 1 is 1.40 bits per heavy atom. The van der Waals surface area contributed by atoms with E-state index in [9.17, 15) is 9.59 Å². The molecule has 0 aliphatic carbocycles. The van der Waals surface area contributed by atoms with Gasteiger partial charge in [-0.1, -0.05) is 19.8 Å². The third kappa shape index (κ3) is 4.81. The number of carboxylic acids is 1. The summed E-state index contributed by atoms with van der Waals surface area (Å²) >= 11 is 1.34. The summed E-state index contributed by atoms with van der Waals surface area (Å²) < 4.78 is 0. The lowest BCUT2D eigenvalue weighted by molar-refractivity contribution is -0.131. The van der Waals surface area contributed by atoms with Gasteiger partial charge in [0, 0.05) is 24.5 Å². The van der Waals surface area contributed by atoms with Crippen molar-refractivity contribution in [2.75, 3.05) is 13.6 Å². The minimum Gasteiger partial charge on any atom is -0.478 e. The number of rotatable bonds is 7. The first kappa shape index (κ1) is 16.4. The minimum atomic E-state index is -0.984. The lowest BCUT2D eigenvalue weighted by Gasteiger charge is -2.15. The predicted octanol–water partition coefficient (Wildman–Crippen LogP) is 3.42. The van der Waals surface area contributed by atoms with Gasteiger partial charge in [-0.25, -0.2) is 4.79 Å². The van der Waals surface area contributed by atoms with Crippen LogP contribution in [0.5, 0.6) is 0 Å². The molecule has 0 radical (unpaired) electrons. The normalized spacial score (nSPS) is 10.9. The molecule has 5 heteroatoms. The molecule has 0 saturated heterocycles. The van der Waals surface area contributed by atoms with Crippen LogP contribution in [0.15, 0.2) is 12.1 Å². The van der Waals surface area contributed by atoms with Crippen molar-refractivity contribution >= 4 is 29.3 Å². The maximum absolute atomic E-state index is 12.2. The fraction of sp³-hybridized carbons (Fsp3) is 0.467. The number of carbonyl (C=O) groups excluding carboxylic acids is 1. The van der Waals surface area contributed by atoms with Crippen LogP contribution < -0.4 is 0 Å². The van der Waals surface area contributed by atoms with Gasteiger partial charge in [0.05, 0.1) is 4.88 Å². The number of nitrogens with zero attached hydrogens (tertiary/aromatic N) is 1. The zero-order chi connectivity index (χ0) is 15.1. The van der Waals surface area contributed by atoms with Crippen LogP contribution in [0, 0.1) is 6.92 Å². The number of carboxylic acid groups (broad SMARTS) is 1. The van der Waals surface area contributed by atoms with Crippen molar-refractivity contribution in [3.63, 3.8) is 0 Å². The maximum Gasteiger partial charge on any atom is 0.328 e. The predicted molar refractivity (Wildman–Crippen MR) is 82.2 cm³/mol. The number of hydrogen-bond donors (Lipinski definition) is 1. The van der Waals surface area contributed by atoms with Gasteiger partial charge < -0.3 is 10.0 Å². The highest BCUT2D eigenvalue weighted by molar-refractivity contribution is 7.15. The molecule has 1 heterocycles. The number of carbonyl (C=O) groups is 2. The molecular weight excluding hydrogens is 274 g/mol. The van der Waals surface area contributed by atoms with Crippen molar-refractivity contribution in [3.05, 3.63) is 27.5 Å². The summed E-state index contributed by atoms with van der Waals surface area (Å²) in [5.74, 6) is -0.980. The van der Waals surface area contributed by atoms with Gasteiger partial charge in [-0.15, -0.1) is 11.3 Å². The molecule has 1 aromatic rings. The standard InChI is InChI=1S/C15H21NO3S/c1-4-5-6-9-16(3)15(19)13-10-11(2)12(20-13)7-8-14(17)18/h7-8,10H,4-6,9H2,1-3H3,(H,17,18)/b8-7+. The number of hydrogen-bond acceptors (Lipinski definition) is 3. The molecule has 0 atom stereocenters. The van der Waals surface area contributed by atoms with Gasteiger partial charge in [0.1, 0.15) is 0 Å². The van der Waals surface area contributed by atoms with E-state index < -0.39 is 5.97 Å². The highest BCUT2D eigenvalue weighted by atomic mass is 32.1. The first-order chi connectivity index (χ1) is 9.45. The van der Waals surface area contributed by atoms with E-state index in [0.29, 0.717) is 4.88 Å². The van der Waals surface area contributed by atoms with Crippen LogP contribution >= 0.6 is 11.3 Å². The number of unbranched alkanes of at least 4 members (excludes halogenated alkanes) is 2. The molecule has 0 aliphatic heterocycles. The molecule has 0 fully saturated rings. The Balaban J connectivity index is 2.74. The fourth-order valence-electron chi connectivity index (χ4n) is 1.80. The monoisotopic (exact) mass is 295 g/mol. The molecule has 0 bridgehead atoms. The van der Waals surface area contributed by atoms with Crippen LogP contribution in [-0.4, -0.2) is 35.5 Å². The maximum atomic E-state index is 12.2. The van der Waals surface area contributed by atoms with Gasteiger partial charge in [0.2, 0.25) is 0 Å². The zero-order valence-corrected chi connectivity index (χ0v) is 13.0. The summed E-state index contributed by atoms with van der Waals surface area (Å²) in [5.41, 5.74) is 0.929. The van der Waals surface area contributed by atoms with Gasteiger partial charge >= 0.3 is 5.97 Å². The van der Waals surface area contributed by atoms with Gasteiger partial charge in [-0.3, -0.25) is 4.79 Å². The van der Waals surface area contributed by atoms with Crippen molar-refractivity contribution < 1.29 is 14.7 Å². The minimum absolute atomic E-state index is 0.00387. The molecule has 110 valence electrons. The Hall–Kier alpha value is -1.62. The lowest BCUT2D eigenvalue weighted by Crippen LogP contribution is -2.26. The Morgan fingerprint density at radius 2 is 2.10 bits per heavy atom. The molecule has 4 nitrogen and oxygen atoms in total. The molecule has 0 aromatic carbocycles. The van der Waals surface area contributed by atoms with Crippen LogP contribution in [0.2, 0.25) is 0 Å². The third-order valence-electron chi connectivity index (χ3n) is 2.99. The molecule has 0 unspecified atom stereocenters. The Kier molecular flexibility index (Phi) is 6.45.